The summed E-state index contributed by atoms with van der Waals surface area (Å²) in [5.41, 5.74) is 0. The van der Waals surface area contributed by atoms with E-state index in [0.29, 0.717) is 24.5 Å². The van der Waals surface area contributed by atoms with Crippen molar-refractivity contribution in [2.45, 2.75) is 70.4 Å². The minimum Gasteiger partial charge on any atom is -0.338 e. The Morgan fingerprint density at radius 3 is 2.60 bits per heavy atom. The van der Waals surface area contributed by atoms with Gasteiger partial charge in [0.2, 0.25) is 5.91 Å². The molecule has 1 saturated heterocycles. The van der Waals surface area contributed by atoms with Crippen LogP contribution in [0.25, 0.3) is 0 Å². The summed E-state index contributed by atoms with van der Waals surface area (Å²) in [6, 6.07) is 1.14. The van der Waals surface area contributed by atoms with Crippen LogP contribution in [0.4, 0.5) is 0 Å². The number of hydrogen-bond acceptors (Lipinski definition) is 2. The number of piperidine rings is 1. The number of amides is 1. The second-order valence-corrected chi connectivity index (χ2v) is 7.33. The predicted octanol–water partition coefficient (Wildman–Crippen LogP) is 2.90. The van der Waals surface area contributed by atoms with Crippen molar-refractivity contribution in [1.29, 1.82) is 0 Å². The van der Waals surface area contributed by atoms with E-state index in [2.05, 4.69) is 23.8 Å². The van der Waals surface area contributed by atoms with E-state index in [-0.39, 0.29) is 0 Å². The largest absolute Gasteiger partial charge is 0.338 e. The molecule has 3 nitrogen and oxygen atoms in total. The fraction of sp³-hybridized carbons (Fsp3) is 0.941. The molecule has 1 heterocycles. The molecule has 3 aliphatic rings. The summed E-state index contributed by atoms with van der Waals surface area (Å²) >= 11 is 0. The first-order valence-corrected chi connectivity index (χ1v) is 8.66. The molecule has 1 aliphatic heterocycles. The van der Waals surface area contributed by atoms with Gasteiger partial charge in [0.05, 0.1) is 6.54 Å². The molecule has 2 aliphatic carbocycles. The van der Waals surface area contributed by atoms with Gasteiger partial charge in [-0.15, -0.1) is 0 Å². The van der Waals surface area contributed by atoms with E-state index in [4.69, 9.17) is 0 Å². The van der Waals surface area contributed by atoms with Crippen LogP contribution in [-0.2, 0) is 4.79 Å². The van der Waals surface area contributed by atoms with Crippen molar-refractivity contribution in [2.24, 2.45) is 11.8 Å². The van der Waals surface area contributed by atoms with Gasteiger partial charge in [-0.2, -0.15) is 0 Å². The zero-order chi connectivity index (χ0) is 14.1. The maximum atomic E-state index is 12.7. The molecule has 3 rings (SSSR count). The van der Waals surface area contributed by atoms with Crippen molar-refractivity contribution >= 4 is 5.91 Å². The lowest BCUT2D eigenvalue weighted by atomic mass is 9.78. The number of nitrogens with zero attached hydrogens (tertiary/aromatic N) is 2. The number of likely N-dealkylation sites (tertiary alicyclic amines) is 1. The van der Waals surface area contributed by atoms with Crippen LogP contribution >= 0.6 is 0 Å². The molecule has 3 atom stereocenters. The molecule has 0 aromatic carbocycles. The summed E-state index contributed by atoms with van der Waals surface area (Å²) in [6.07, 6.45) is 10.6. The Kier molecular flexibility index (Phi) is 4.34. The Morgan fingerprint density at radius 2 is 1.85 bits per heavy atom. The fourth-order valence-corrected chi connectivity index (χ4v) is 4.32. The number of rotatable bonds is 4. The average molecular weight is 278 g/mol. The summed E-state index contributed by atoms with van der Waals surface area (Å²) < 4.78 is 0. The molecular formula is C17H30N2O. The summed E-state index contributed by atoms with van der Waals surface area (Å²) in [4.78, 5) is 17.2. The van der Waals surface area contributed by atoms with Crippen molar-refractivity contribution in [3.05, 3.63) is 0 Å². The fourth-order valence-electron chi connectivity index (χ4n) is 4.32. The first-order chi connectivity index (χ1) is 9.66. The Balaban J connectivity index is 1.57. The van der Waals surface area contributed by atoms with E-state index >= 15 is 0 Å². The van der Waals surface area contributed by atoms with Crippen LogP contribution in [0.15, 0.2) is 0 Å². The Bertz CT molecular complexity index is 351. The first kappa shape index (κ1) is 14.4. The third-order valence-electron chi connectivity index (χ3n) is 5.95. The highest BCUT2D eigenvalue weighted by Gasteiger charge is 2.37. The minimum absolute atomic E-state index is 0.386. The van der Waals surface area contributed by atoms with Crippen LogP contribution in [0.5, 0.6) is 0 Å². The average Bonchev–Trinajstić information content (AvgIpc) is 3.30. The van der Waals surface area contributed by atoms with Crippen molar-refractivity contribution < 1.29 is 4.79 Å². The first-order valence-electron chi connectivity index (χ1n) is 8.66. The highest BCUT2D eigenvalue weighted by molar-refractivity contribution is 5.78. The van der Waals surface area contributed by atoms with Gasteiger partial charge >= 0.3 is 0 Å². The molecule has 0 spiro atoms. The van der Waals surface area contributed by atoms with Crippen LogP contribution in [0.1, 0.15) is 58.3 Å². The van der Waals surface area contributed by atoms with Crippen LogP contribution in [0.2, 0.25) is 0 Å². The highest BCUT2D eigenvalue weighted by Crippen LogP contribution is 2.36. The molecule has 0 unspecified atom stereocenters. The van der Waals surface area contributed by atoms with E-state index in [1.807, 2.05) is 0 Å². The molecule has 0 radical (unpaired) electrons. The van der Waals surface area contributed by atoms with Crippen LogP contribution in [0, 0.1) is 11.8 Å². The zero-order valence-corrected chi connectivity index (χ0v) is 13.2. The molecule has 3 fully saturated rings. The molecule has 1 amide bonds. The molecule has 0 aromatic heterocycles. The van der Waals surface area contributed by atoms with Crippen molar-refractivity contribution in [1.82, 2.24) is 9.80 Å². The quantitative estimate of drug-likeness (QED) is 0.789. The number of likely N-dealkylation sites (N-methyl/N-ethyl adjacent to an activating group) is 1. The molecule has 0 bridgehead atoms. The number of carbonyl (C=O) groups is 1. The second-order valence-electron chi connectivity index (χ2n) is 7.33. The summed E-state index contributed by atoms with van der Waals surface area (Å²) in [5.74, 6) is 2.03. The van der Waals surface area contributed by atoms with Crippen LogP contribution < -0.4 is 0 Å². The van der Waals surface area contributed by atoms with E-state index in [1.165, 1.54) is 51.4 Å². The topological polar surface area (TPSA) is 23.6 Å². The predicted molar refractivity (Wildman–Crippen MR) is 81.5 cm³/mol. The summed E-state index contributed by atoms with van der Waals surface area (Å²) in [6.45, 7) is 3.91. The maximum absolute atomic E-state index is 12.7. The lowest BCUT2D eigenvalue weighted by molar-refractivity contribution is -0.139. The lowest BCUT2D eigenvalue weighted by Crippen LogP contribution is -2.52. The molecular weight excluding hydrogens is 248 g/mol. The van der Waals surface area contributed by atoms with Crippen LogP contribution in [-0.4, -0.2) is 47.9 Å². The number of fused-ring (bicyclic) bond motifs is 1. The van der Waals surface area contributed by atoms with Gasteiger partial charge in [-0.05, 0) is 64.3 Å². The standard InChI is InChI=1S/C17H30N2O/c1-13(14-9-10-14)18(2)12-17(20)19-11-5-7-15-6-3-4-8-16(15)19/h13-16H,3-12H2,1-2H3/t13-,15-,16+/m1/s1. The molecule has 0 N–H and O–H groups in total. The maximum Gasteiger partial charge on any atom is 0.237 e. The van der Waals surface area contributed by atoms with Crippen LogP contribution in [0.3, 0.4) is 0 Å². The Labute approximate surface area is 123 Å². The zero-order valence-electron chi connectivity index (χ0n) is 13.2. The number of carbonyl (C=O) groups excluding carboxylic acids is 1. The third-order valence-corrected chi connectivity index (χ3v) is 5.95. The monoisotopic (exact) mass is 278 g/mol. The van der Waals surface area contributed by atoms with E-state index in [1.54, 1.807) is 0 Å². The van der Waals surface area contributed by atoms with Crippen molar-refractivity contribution in [2.75, 3.05) is 20.1 Å². The SMILES string of the molecule is C[C@H](C1CC1)N(C)CC(=O)N1CCC[C@H]2CCCC[C@@H]21. The van der Waals surface area contributed by atoms with Gasteiger partial charge in [-0.25, -0.2) is 0 Å². The molecule has 20 heavy (non-hydrogen) atoms. The van der Waals surface area contributed by atoms with Gasteiger partial charge in [-0.3, -0.25) is 9.69 Å². The lowest BCUT2D eigenvalue weighted by Gasteiger charge is -2.44. The van der Waals surface area contributed by atoms with E-state index < -0.39 is 0 Å². The van der Waals surface area contributed by atoms with E-state index in [0.717, 1.165) is 18.4 Å². The van der Waals surface area contributed by atoms with E-state index in [9.17, 15) is 4.79 Å². The third kappa shape index (κ3) is 3.03. The Morgan fingerprint density at radius 1 is 1.15 bits per heavy atom. The van der Waals surface area contributed by atoms with Gasteiger partial charge in [0.25, 0.3) is 0 Å². The molecule has 3 heteroatoms. The van der Waals surface area contributed by atoms with Crippen molar-refractivity contribution in [3.8, 4) is 0 Å². The van der Waals surface area contributed by atoms with Gasteiger partial charge in [-0.1, -0.05) is 12.8 Å². The highest BCUT2D eigenvalue weighted by atomic mass is 16.2. The summed E-state index contributed by atoms with van der Waals surface area (Å²) in [5, 5.41) is 0. The second kappa shape index (κ2) is 6.05. The van der Waals surface area contributed by atoms with Gasteiger partial charge in [0.15, 0.2) is 0 Å². The minimum atomic E-state index is 0.386. The Hall–Kier alpha value is -0.570. The molecule has 114 valence electrons. The van der Waals surface area contributed by atoms with Gasteiger partial charge in [0, 0.05) is 18.6 Å². The van der Waals surface area contributed by atoms with Crippen molar-refractivity contribution in [3.63, 3.8) is 0 Å². The number of hydrogen-bond donors (Lipinski definition) is 0. The summed E-state index contributed by atoms with van der Waals surface area (Å²) in [7, 11) is 2.13. The molecule has 0 aromatic rings. The molecule has 2 saturated carbocycles. The smallest absolute Gasteiger partial charge is 0.237 e. The van der Waals surface area contributed by atoms with Gasteiger partial charge < -0.3 is 4.90 Å². The van der Waals surface area contributed by atoms with Gasteiger partial charge in [0.1, 0.15) is 0 Å². The normalized spacial score (nSPS) is 32.0.